The van der Waals surface area contributed by atoms with Crippen LogP contribution in [0.2, 0.25) is 5.02 Å². The average molecular weight is 266 g/mol. The Balaban J connectivity index is 2.16. The third-order valence-electron chi connectivity index (χ3n) is 2.54. The quantitative estimate of drug-likeness (QED) is 0.853. The van der Waals surface area contributed by atoms with Gasteiger partial charge in [-0.2, -0.15) is 0 Å². The Hall–Kier alpha value is -1.74. The minimum Gasteiger partial charge on any atom is -0.486 e. The Morgan fingerprint density at radius 3 is 2.78 bits per heavy atom. The van der Waals surface area contributed by atoms with Crippen LogP contribution >= 0.6 is 11.6 Å². The van der Waals surface area contributed by atoms with Crippen LogP contribution in [-0.2, 0) is 6.61 Å². The second-order valence-corrected chi connectivity index (χ2v) is 4.48. The molecule has 0 saturated heterocycles. The molecule has 0 aliphatic rings. The maximum atomic E-state index is 13.5. The van der Waals surface area contributed by atoms with Crippen LogP contribution < -0.4 is 10.5 Å². The van der Waals surface area contributed by atoms with Crippen LogP contribution in [-0.4, -0.2) is 0 Å². The van der Waals surface area contributed by atoms with Gasteiger partial charge in [0.05, 0.1) is 0 Å². The highest BCUT2D eigenvalue weighted by molar-refractivity contribution is 6.31. The number of benzene rings is 2. The zero-order valence-electron chi connectivity index (χ0n) is 9.91. The Morgan fingerprint density at radius 2 is 2.00 bits per heavy atom. The monoisotopic (exact) mass is 265 g/mol. The van der Waals surface area contributed by atoms with E-state index in [-0.39, 0.29) is 18.2 Å². The van der Waals surface area contributed by atoms with E-state index in [1.54, 1.807) is 30.3 Å². The molecule has 0 heterocycles. The highest BCUT2D eigenvalue weighted by Crippen LogP contribution is 2.23. The molecule has 2 N–H and O–H groups in total. The molecule has 0 atom stereocenters. The fraction of sp³-hybridized carbons (Fsp3) is 0.143. The number of ether oxygens (including phenoxy) is 1. The first-order valence-corrected chi connectivity index (χ1v) is 5.87. The number of rotatable bonds is 3. The third kappa shape index (κ3) is 2.93. The van der Waals surface area contributed by atoms with Gasteiger partial charge in [-0.15, -0.1) is 0 Å². The van der Waals surface area contributed by atoms with Crippen LogP contribution in [0, 0.1) is 12.7 Å². The number of nitrogens with two attached hydrogens (primary N) is 1. The van der Waals surface area contributed by atoms with Gasteiger partial charge in [-0.1, -0.05) is 17.7 Å². The number of nitrogen functional groups attached to an aromatic ring is 1. The molecule has 0 saturated carbocycles. The number of hydrogen-bond donors (Lipinski definition) is 1. The van der Waals surface area contributed by atoms with Crippen molar-refractivity contribution >= 4 is 17.3 Å². The molecule has 2 aromatic carbocycles. The molecule has 2 rings (SSSR count). The van der Waals surface area contributed by atoms with Gasteiger partial charge in [-0.05, 0) is 42.8 Å². The summed E-state index contributed by atoms with van der Waals surface area (Å²) in [5, 5.41) is 0.553. The first-order chi connectivity index (χ1) is 8.56. The van der Waals surface area contributed by atoms with Gasteiger partial charge in [0.15, 0.2) is 11.6 Å². The molecule has 0 aliphatic carbocycles. The molecule has 0 fully saturated rings. The largest absolute Gasteiger partial charge is 0.486 e. The van der Waals surface area contributed by atoms with E-state index >= 15 is 0 Å². The lowest BCUT2D eigenvalue weighted by molar-refractivity contribution is 0.290. The van der Waals surface area contributed by atoms with Crippen molar-refractivity contribution in [2.45, 2.75) is 13.5 Å². The molecular formula is C14H13ClFNO. The Morgan fingerprint density at radius 1 is 1.22 bits per heavy atom. The Kier molecular flexibility index (Phi) is 3.72. The molecule has 0 unspecified atom stereocenters. The minimum atomic E-state index is -0.388. The number of aryl methyl sites for hydroxylation is 1. The van der Waals surface area contributed by atoms with E-state index in [1.807, 2.05) is 6.92 Å². The molecule has 0 bridgehead atoms. The Bertz CT molecular complexity index is 520. The lowest BCUT2D eigenvalue weighted by atomic mass is 10.2. The van der Waals surface area contributed by atoms with Gasteiger partial charge in [0.1, 0.15) is 6.61 Å². The predicted molar refractivity (Wildman–Crippen MR) is 71.3 cm³/mol. The van der Waals surface area contributed by atoms with Crippen LogP contribution in [0.25, 0.3) is 0 Å². The normalized spacial score (nSPS) is 10.4. The van der Waals surface area contributed by atoms with Crippen LogP contribution in [0.5, 0.6) is 5.75 Å². The summed E-state index contributed by atoms with van der Waals surface area (Å²) in [5.41, 5.74) is 7.93. The fourth-order valence-corrected chi connectivity index (χ4v) is 1.75. The Labute approximate surface area is 110 Å². The van der Waals surface area contributed by atoms with Crippen molar-refractivity contribution in [2.75, 3.05) is 5.73 Å². The van der Waals surface area contributed by atoms with Crippen LogP contribution in [0.3, 0.4) is 0 Å². The van der Waals surface area contributed by atoms with Crippen molar-refractivity contribution in [3.8, 4) is 5.75 Å². The predicted octanol–water partition coefficient (Wildman–Crippen LogP) is 3.95. The summed E-state index contributed by atoms with van der Waals surface area (Å²) in [6.07, 6.45) is 0. The molecule has 0 radical (unpaired) electrons. The number of anilines is 1. The summed E-state index contributed by atoms with van der Waals surface area (Å²) >= 11 is 6.00. The van der Waals surface area contributed by atoms with E-state index in [0.717, 1.165) is 11.1 Å². The van der Waals surface area contributed by atoms with Gasteiger partial charge in [0.2, 0.25) is 0 Å². The van der Waals surface area contributed by atoms with Gasteiger partial charge in [-0.3, -0.25) is 0 Å². The van der Waals surface area contributed by atoms with Crippen molar-refractivity contribution in [3.05, 3.63) is 58.4 Å². The number of halogens is 2. The maximum Gasteiger partial charge on any atom is 0.165 e. The number of hydrogen-bond acceptors (Lipinski definition) is 2. The molecule has 2 nitrogen and oxygen atoms in total. The van der Waals surface area contributed by atoms with Gasteiger partial charge in [0, 0.05) is 16.3 Å². The van der Waals surface area contributed by atoms with Gasteiger partial charge in [0.25, 0.3) is 0 Å². The van der Waals surface area contributed by atoms with Crippen molar-refractivity contribution < 1.29 is 9.13 Å². The minimum absolute atomic E-state index is 0.185. The molecule has 0 aliphatic heterocycles. The van der Waals surface area contributed by atoms with E-state index in [1.165, 1.54) is 6.07 Å². The highest BCUT2D eigenvalue weighted by atomic mass is 35.5. The molecule has 0 spiro atoms. The summed E-state index contributed by atoms with van der Waals surface area (Å²) in [6, 6.07) is 9.84. The van der Waals surface area contributed by atoms with E-state index in [2.05, 4.69) is 0 Å². The SMILES string of the molecule is Cc1ccc(F)c(OCc2cc(N)ccc2Cl)c1. The summed E-state index contributed by atoms with van der Waals surface area (Å²) < 4.78 is 18.9. The van der Waals surface area contributed by atoms with Crippen molar-refractivity contribution in [3.63, 3.8) is 0 Å². The van der Waals surface area contributed by atoms with Gasteiger partial charge in [-0.25, -0.2) is 4.39 Å². The van der Waals surface area contributed by atoms with Crippen LogP contribution in [0.15, 0.2) is 36.4 Å². The van der Waals surface area contributed by atoms with Crippen LogP contribution in [0.4, 0.5) is 10.1 Å². The van der Waals surface area contributed by atoms with E-state index in [0.29, 0.717) is 10.7 Å². The smallest absolute Gasteiger partial charge is 0.165 e. The van der Waals surface area contributed by atoms with Gasteiger partial charge < -0.3 is 10.5 Å². The second-order valence-electron chi connectivity index (χ2n) is 4.07. The molecule has 94 valence electrons. The molecule has 18 heavy (non-hydrogen) atoms. The van der Waals surface area contributed by atoms with Crippen LogP contribution in [0.1, 0.15) is 11.1 Å². The van der Waals surface area contributed by atoms with Crippen molar-refractivity contribution in [2.24, 2.45) is 0 Å². The maximum absolute atomic E-state index is 13.5. The summed E-state index contributed by atoms with van der Waals surface area (Å²) in [5.74, 6) is -0.172. The topological polar surface area (TPSA) is 35.2 Å². The third-order valence-corrected chi connectivity index (χ3v) is 2.91. The first-order valence-electron chi connectivity index (χ1n) is 5.49. The van der Waals surface area contributed by atoms with E-state index in [9.17, 15) is 4.39 Å². The fourth-order valence-electron chi connectivity index (χ4n) is 1.58. The standard InChI is InChI=1S/C14H13ClFNO/c1-9-2-5-13(16)14(6-9)18-8-10-7-11(17)3-4-12(10)15/h2-7H,8,17H2,1H3. The van der Waals surface area contributed by atoms with E-state index in [4.69, 9.17) is 22.1 Å². The zero-order valence-corrected chi connectivity index (χ0v) is 10.7. The lowest BCUT2D eigenvalue weighted by Crippen LogP contribution is -1.99. The summed E-state index contributed by atoms with van der Waals surface area (Å²) in [7, 11) is 0. The van der Waals surface area contributed by atoms with Gasteiger partial charge >= 0.3 is 0 Å². The highest BCUT2D eigenvalue weighted by Gasteiger charge is 2.06. The first kappa shape index (κ1) is 12.7. The zero-order chi connectivity index (χ0) is 13.1. The lowest BCUT2D eigenvalue weighted by Gasteiger charge is -2.10. The summed E-state index contributed by atoms with van der Waals surface area (Å²) in [4.78, 5) is 0. The average Bonchev–Trinajstić information content (AvgIpc) is 2.34. The second kappa shape index (κ2) is 5.27. The van der Waals surface area contributed by atoms with Crippen molar-refractivity contribution in [1.82, 2.24) is 0 Å². The molecule has 2 aromatic rings. The van der Waals surface area contributed by atoms with Crippen molar-refractivity contribution in [1.29, 1.82) is 0 Å². The summed E-state index contributed by atoms with van der Waals surface area (Å²) in [6.45, 7) is 2.06. The molecule has 0 amide bonds. The molecule has 4 heteroatoms. The van der Waals surface area contributed by atoms with E-state index < -0.39 is 0 Å². The molecular weight excluding hydrogens is 253 g/mol. The molecule has 0 aromatic heterocycles.